The molecular weight excluding hydrogens is 472 g/mol. The normalized spacial score (nSPS) is 13.5. The first-order chi connectivity index (χ1) is 18.0. The molecule has 0 radical (unpaired) electrons. The van der Waals surface area contributed by atoms with E-state index < -0.39 is 16.2 Å². The van der Waals surface area contributed by atoms with E-state index in [-0.39, 0.29) is 12.5 Å². The number of amides is 1. The van der Waals surface area contributed by atoms with Gasteiger partial charge in [-0.3, -0.25) is 24.3 Å². The molecule has 2 heterocycles. The van der Waals surface area contributed by atoms with Gasteiger partial charge in [0.1, 0.15) is 11.4 Å². The molecule has 9 heteroatoms. The maximum atomic E-state index is 13.5. The molecule has 1 fully saturated rings. The number of methoxy groups -OCH3 is 1. The van der Waals surface area contributed by atoms with E-state index in [0.717, 1.165) is 5.56 Å². The van der Waals surface area contributed by atoms with Gasteiger partial charge in [-0.2, -0.15) is 0 Å². The monoisotopic (exact) mass is 498 g/mol. The third-order valence-electron chi connectivity index (χ3n) is 6.71. The first kappa shape index (κ1) is 24.1. The second-order valence-electron chi connectivity index (χ2n) is 8.86. The average Bonchev–Trinajstić information content (AvgIpc) is 2.94. The van der Waals surface area contributed by atoms with Crippen molar-refractivity contribution in [3.8, 4) is 5.75 Å². The molecule has 1 amide bonds. The number of para-hydroxylation sites is 1. The van der Waals surface area contributed by atoms with E-state index in [9.17, 15) is 19.7 Å². The van der Waals surface area contributed by atoms with E-state index in [1.807, 2.05) is 59.5 Å². The number of aromatic nitrogens is 1. The molecule has 0 bridgehead atoms. The van der Waals surface area contributed by atoms with E-state index in [2.05, 4.69) is 0 Å². The Bertz CT molecular complexity index is 1510. The maximum Gasteiger partial charge on any atom is 0.357 e. The van der Waals surface area contributed by atoms with Gasteiger partial charge < -0.3 is 14.5 Å². The number of fused-ring (bicyclic) bond motifs is 1. The highest BCUT2D eigenvalue weighted by Gasteiger charge is 2.32. The first-order valence-corrected chi connectivity index (χ1v) is 12.0. The van der Waals surface area contributed by atoms with Crippen LogP contribution in [-0.2, 0) is 6.54 Å². The van der Waals surface area contributed by atoms with Crippen LogP contribution in [0, 0.1) is 10.1 Å². The third-order valence-corrected chi connectivity index (χ3v) is 6.71. The van der Waals surface area contributed by atoms with Gasteiger partial charge in [-0.15, -0.1) is 0 Å². The summed E-state index contributed by atoms with van der Waals surface area (Å²) in [6, 6.07) is 23.6. The second kappa shape index (κ2) is 10.1. The maximum absolute atomic E-state index is 13.5. The fourth-order valence-electron chi connectivity index (χ4n) is 4.83. The highest BCUT2D eigenvalue weighted by molar-refractivity contribution is 5.97. The summed E-state index contributed by atoms with van der Waals surface area (Å²) in [4.78, 5) is 41.8. The molecule has 0 saturated carbocycles. The highest BCUT2D eigenvalue weighted by atomic mass is 16.6. The molecule has 0 atom stereocenters. The Labute approximate surface area is 213 Å². The summed E-state index contributed by atoms with van der Waals surface area (Å²) in [7, 11) is 1.57. The number of anilines is 1. The Hall–Kier alpha value is -4.66. The lowest BCUT2D eigenvalue weighted by atomic mass is 10.1. The number of carbonyl (C=O) groups excluding carboxylic acids is 1. The van der Waals surface area contributed by atoms with Gasteiger partial charge in [-0.1, -0.05) is 48.5 Å². The van der Waals surface area contributed by atoms with Gasteiger partial charge in [0.2, 0.25) is 0 Å². The molecule has 9 nitrogen and oxygen atoms in total. The number of piperazine rings is 1. The van der Waals surface area contributed by atoms with Crippen LogP contribution in [0.25, 0.3) is 10.9 Å². The van der Waals surface area contributed by atoms with E-state index in [4.69, 9.17) is 4.74 Å². The molecule has 4 aromatic rings. The van der Waals surface area contributed by atoms with Crippen molar-refractivity contribution in [3.63, 3.8) is 0 Å². The molecule has 5 rings (SSSR count). The minimum Gasteiger partial charge on any atom is -0.497 e. The summed E-state index contributed by atoms with van der Waals surface area (Å²) in [5.74, 6) is 0.558. The van der Waals surface area contributed by atoms with Crippen LogP contribution in [0.2, 0.25) is 0 Å². The first-order valence-electron chi connectivity index (χ1n) is 12.0. The third kappa shape index (κ3) is 4.63. The number of pyridine rings is 1. The molecular formula is C28H26N4O5. The van der Waals surface area contributed by atoms with E-state index in [0.29, 0.717) is 54.1 Å². The molecule has 1 aliphatic heterocycles. The van der Waals surface area contributed by atoms with Crippen LogP contribution in [0.5, 0.6) is 5.75 Å². The predicted octanol–water partition coefficient (Wildman–Crippen LogP) is 3.93. The van der Waals surface area contributed by atoms with Gasteiger partial charge in [-0.05, 0) is 35.9 Å². The Balaban J connectivity index is 1.48. The van der Waals surface area contributed by atoms with E-state index in [1.54, 1.807) is 36.3 Å². The summed E-state index contributed by atoms with van der Waals surface area (Å²) >= 11 is 0. The molecule has 0 aliphatic carbocycles. The van der Waals surface area contributed by atoms with Gasteiger partial charge in [0.25, 0.3) is 5.91 Å². The lowest BCUT2D eigenvalue weighted by molar-refractivity contribution is -0.385. The second-order valence-corrected chi connectivity index (χ2v) is 8.86. The zero-order valence-electron chi connectivity index (χ0n) is 20.4. The molecule has 3 aromatic carbocycles. The predicted molar refractivity (Wildman–Crippen MR) is 142 cm³/mol. The molecule has 1 aliphatic rings. The van der Waals surface area contributed by atoms with Gasteiger partial charge in [0.15, 0.2) is 0 Å². The Morgan fingerprint density at radius 3 is 2.22 bits per heavy atom. The number of rotatable bonds is 6. The lowest BCUT2D eigenvalue weighted by Gasteiger charge is -2.36. The molecule has 0 unspecified atom stereocenters. The van der Waals surface area contributed by atoms with Gasteiger partial charge in [0, 0.05) is 37.1 Å². The summed E-state index contributed by atoms with van der Waals surface area (Å²) in [5.41, 5.74) is 1.29. The minimum absolute atomic E-state index is 0.111. The van der Waals surface area contributed by atoms with Gasteiger partial charge in [-0.25, -0.2) is 0 Å². The largest absolute Gasteiger partial charge is 0.497 e. The number of nitrogens with zero attached hydrogens (tertiary/aromatic N) is 4. The van der Waals surface area contributed by atoms with Crippen molar-refractivity contribution in [2.75, 3.05) is 38.2 Å². The number of benzene rings is 3. The fourth-order valence-corrected chi connectivity index (χ4v) is 4.83. The van der Waals surface area contributed by atoms with Crippen LogP contribution < -0.4 is 15.2 Å². The molecule has 0 spiro atoms. The zero-order valence-corrected chi connectivity index (χ0v) is 20.4. The summed E-state index contributed by atoms with van der Waals surface area (Å²) in [6.45, 7) is 1.72. The van der Waals surface area contributed by atoms with Crippen LogP contribution in [0.3, 0.4) is 0 Å². The highest BCUT2D eigenvalue weighted by Crippen LogP contribution is 2.34. The van der Waals surface area contributed by atoms with Crippen molar-refractivity contribution in [1.29, 1.82) is 0 Å². The minimum atomic E-state index is -0.640. The smallest absolute Gasteiger partial charge is 0.357 e. The van der Waals surface area contributed by atoms with Crippen LogP contribution in [0.15, 0.2) is 83.7 Å². The Morgan fingerprint density at radius 1 is 0.919 bits per heavy atom. The lowest BCUT2D eigenvalue weighted by Crippen LogP contribution is -2.49. The van der Waals surface area contributed by atoms with Crippen molar-refractivity contribution in [2.45, 2.75) is 6.54 Å². The van der Waals surface area contributed by atoms with Crippen molar-refractivity contribution in [3.05, 3.63) is 110 Å². The van der Waals surface area contributed by atoms with Crippen molar-refractivity contribution in [2.24, 2.45) is 0 Å². The van der Waals surface area contributed by atoms with Gasteiger partial charge in [0.05, 0.1) is 24.1 Å². The summed E-state index contributed by atoms with van der Waals surface area (Å²) in [6.07, 6.45) is 0. The molecule has 37 heavy (non-hydrogen) atoms. The number of ether oxygens (including phenoxy) is 1. The number of carbonyl (C=O) groups is 1. The van der Waals surface area contributed by atoms with Crippen LogP contribution in [0.4, 0.5) is 11.4 Å². The van der Waals surface area contributed by atoms with E-state index in [1.165, 1.54) is 4.57 Å². The topological polar surface area (TPSA) is 97.9 Å². The van der Waals surface area contributed by atoms with E-state index >= 15 is 0 Å². The van der Waals surface area contributed by atoms with Gasteiger partial charge >= 0.3 is 11.2 Å². The molecule has 188 valence electrons. The van der Waals surface area contributed by atoms with Crippen LogP contribution >= 0.6 is 0 Å². The standard InChI is InChI=1S/C28H26N4O5/c1-37-22-13-11-21(12-14-22)27(33)30-17-15-29(16-18-30)25-23-9-5-6-10-24(23)31(28(34)26(25)32(35)36)19-20-7-3-2-4-8-20/h2-14H,15-19H2,1H3. The molecule has 1 saturated heterocycles. The fraction of sp³-hybridized carbons (Fsp3) is 0.214. The molecule has 1 aromatic heterocycles. The number of nitro groups is 1. The summed E-state index contributed by atoms with van der Waals surface area (Å²) < 4.78 is 6.63. The van der Waals surface area contributed by atoms with Crippen molar-refractivity contribution >= 4 is 28.2 Å². The zero-order chi connectivity index (χ0) is 25.9. The SMILES string of the molecule is COc1ccc(C(=O)N2CCN(c3c([N+](=O)[O-])c(=O)n(Cc4ccccc4)c4ccccc34)CC2)cc1. The summed E-state index contributed by atoms with van der Waals surface area (Å²) in [5, 5.41) is 12.9. The number of hydrogen-bond acceptors (Lipinski definition) is 6. The van der Waals surface area contributed by atoms with Crippen LogP contribution in [-0.4, -0.2) is 53.6 Å². The van der Waals surface area contributed by atoms with Crippen molar-refractivity contribution in [1.82, 2.24) is 9.47 Å². The Kier molecular flexibility index (Phi) is 6.59. The number of hydrogen-bond donors (Lipinski definition) is 0. The molecule has 0 N–H and O–H groups in total. The van der Waals surface area contributed by atoms with Crippen molar-refractivity contribution < 1.29 is 14.5 Å². The average molecular weight is 499 g/mol. The van der Waals surface area contributed by atoms with Crippen LogP contribution in [0.1, 0.15) is 15.9 Å². The Morgan fingerprint density at radius 2 is 1.57 bits per heavy atom. The quantitative estimate of drug-likeness (QED) is 0.295.